The molecule has 2 aliphatic carbocycles. The summed E-state index contributed by atoms with van der Waals surface area (Å²) in [5.41, 5.74) is 0.422. The molecule has 110 valence electrons. The van der Waals surface area contributed by atoms with Crippen molar-refractivity contribution in [3.05, 3.63) is 0 Å². The van der Waals surface area contributed by atoms with Crippen LogP contribution in [0.2, 0.25) is 0 Å². The summed E-state index contributed by atoms with van der Waals surface area (Å²) < 4.78 is 0. The van der Waals surface area contributed by atoms with Gasteiger partial charge in [-0.2, -0.15) is 0 Å². The second-order valence-corrected chi connectivity index (χ2v) is 8.03. The van der Waals surface area contributed by atoms with Gasteiger partial charge in [0.2, 0.25) is 0 Å². The van der Waals surface area contributed by atoms with Crippen LogP contribution < -0.4 is 0 Å². The summed E-state index contributed by atoms with van der Waals surface area (Å²) >= 11 is 0. The lowest BCUT2D eigenvalue weighted by Crippen LogP contribution is -2.57. The van der Waals surface area contributed by atoms with Gasteiger partial charge in [0, 0.05) is 12.1 Å². The fraction of sp³-hybridized carbons (Fsp3) is 1.00. The van der Waals surface area contributed by atoms with Crippen molar-refractivity contribution in [2.24, 2.45) is 11.3 Å². The van der Waals surface area contributed by atoms with Crippen molar-refractivity contribution in [1.82, 2.24) is 4.90 Å². The highest BCUT2D eigenvalue weighted by Crippen LogP contribution is 2.42. The minimum absolute atomic E-state index is 0.0753. The molecule has 1 heterocycles. The number of piperidine rings is 1. The Bertz CT molecular complexity index is 312. The van der Waals surface area contributed by atoms with E-state index in [2.05, 4.69) is 18.7 Å². The lowest BCUT2D eigenvalue weighted by Gasteiger charge is -2.52. The van der Waals surface area contributed by atoms with E-state index in [9.17, 15) is 5.11 Å². The van der Waals surface area contributed by atoms with Gasteiger partial charge in [0.05, 0.1) is 6.10 Å². The van der Waals surface area contributed by atoms with Gasteiger partial charge in [0.25, 0.3) is 0 Å². The van der Waals surface area contributed by atoms with E-state index in [4.69, 9.17) is 0 Å². The fourth-order valence-electron chi connectivity index (χ4n) is 4.95. The summed E-state index contributed by atoms with van der Waals surface area (Å²) in [6, 6.07) is 1.23. The molecule has 0 aromatic rings. The molecule has 1 N–H and O–H groups in total. The normalized spacial score (nSPS) is 43.7. The minimum atomic E-state index is -0.0753. The molecule has 4 atom stereocenters. The molecular weight excluding hydrogens is 234 g/mol. The van der Waals surface area contributed by atoms with E-state index in [1.807, 2.05) is 0 Å². The average Bonchev–Trinajstić information content (AvgIpc) is 2.41. The third kappa shape index (κ3) is 2.85. The van der Waals surface area contributed by atoms with Crippen LogP contribution in [0.25, 0.3) is 0 Å². The highest BCUT2D eigenvalue weighted by atomic mass is 16.3. The number of hydrogen-bond donors (Lipinski definition) is 1. The highest BCUT2D eigenvalue weighted by molar-refractivity contribution is 4.97. The first kappa shape index (κ1) is 13.9. The Kier molecular flexibility index (Phi) is 3.92. The zero-order valence-corrected chi connectivity index (χ0v) is 12.8. The first-order chi connectivity index (χ1) is 9.07. The Morgan fingerprint density at radius 3 is 2.53 bits per heavy atom. The molecule has 0 spiro atoms. The lowest BCUT2D eigenvalue weighted by atomic mass is 9.71. The Hall–Kier alpha value is -0.0800. The first-order valence-corrected chi connectivity index (χ1v) is 8.51. The van der Waals surface area contributed by atoms with Gasteiger partial charge in [0.15, 0.2) is 0 Å². The van der Waals surface area contributed by atoms with Gasteiger partial charge < -0.3 is 5.11 Å². The van der Waals surface area contributed by atoms with Gasteiger partial charge >= 0.3 is 0 Å². The predicted octanol–water partition coefficient (Wildman–Crippen LogP) is 3.58. The van der Waals surface area contributed by atoms with Crippen molar-refractivity contribution in [3.63, 3.8) is 0 Å². The van der Waals surface area contributed by atoms with Crippen molar-refractivity contribution < 1.29 is 5.11 Å². The molecular formula is C17H31NO. The molecule has 3 fully saturated rings. The van der Waals surface area contributed by atoms with Gasteiger partial charge in [-0.05, 0) is 62.8 Å². The Labute approximate surface area is 118 Å². The van der Waals surface area contributed by atoms with Crippen molar-refractivity contribution in [2.45, 2.75) is 89.8 Å². The smallest absolute Gasteiger partial charge is 0.0695 e. The van der Waals surface area contributed by atoms with Gasteiger partial charge in [-0.25, -0.2) is 0 Å². The molecule has 2 nitrogen and oxygen atoms in total. The molecule has 19 heavy (non-hydrogen) atoms. The van der Waals surface area contributed by atoms with Crippen LogP contribution in [0, 0.1) is 11.3 Å². The molecule has 2 unspecified atom stereocenters. The number of aliphatic hydroxyl groups excluding tert-OH is 1. The molecule has 0 radical (unpaired) electrons. The maximum atomic E-state index is 10.5. The number of aliphatic hydroxyl groups is 1. The Balaban J connectivity index is 1.75. The van der Waals surface area contributed by atoms with Crippen LogP contribution in [0.4, 0.5) is 0 Å². The van der Waals surface area contributed by atoms with Crippen LogP contribution in [-0.2, 0) is 0 Å². The van der Waals surface area contributed by atoms with Gasteiger partial charge in [0.1, 0.15) is 0 Å². The molecule has 0 aromatic heterocycles. The maximum absolute atomic E-state index is 10.5. The third-order valence-electron chi connectivity index (χ3n) is 6.03. The first-order valence-electron chi connectivity index (χ1n) is 8.51. The average molecular weight is 265 g/mol. The number of nitrogens with zero attached hydrogens (tertiary/aromatic N) is 1. The molecule has 2 heteroatoms. The molecule has 1 saturated heterocycles. The van der Waals surface area contributed by atoms with E-state index in [0.29, 0.717) is 11.5 Å². The van der Waals surface area contributed by atoms with Crippen LogP contribution >= 0.6 is 0 Å². The van der Waals surface area contributed by atoms with Gasteiger partial charge in [-0.3, -0.25) is 4.90 Å². The number of hydrogen-bond acceptors (Lipinski definition) is 2. The van der Waals surface area contributed by atoms with E-state index >= 15 is 0 Å². The molecule has 0 amide bonds. The lowest BCUT2D eigenvalue weighted by molar-refractivity contribution is -0.0661. The minimum Gasteiger partial charge on any atom is -0.391 e. The van der Waals surface area contributed by atoms with Crippen LogP contribution in [0.15, 0.2) is 0 Å². The van der Waals surface area contributed by atoms with Crippen molar-refractivity contribution in [1.29, 1.82) is 0 Å². The SMILES string of the molecule is CC1(C)CCC(O)C(N2CCC[C@H]3CCCC[C@H]32)C1. The molecule has 0 bridgehead atoms. The number of fused-ring (bicyclic) bond motifs is 1. The summed E-state index contributed by atoms with van der Waals surface area (Å²) in [4.78, 5) is 2.74. The summed E-state index contributed by atoms with van der Waals surface area (Å²) in [7, 11) is 0. The zero-order chi connectivity index (χ0) is 13.5. The highest BCUT2D eigenvalue weighted by Gasteiger charge is 2.43. The largest absolute Gasteiger partial charge is 0.391 e. The summed E-state index contributed by atoms with van der Waals surface area (Å²) in [6.45, 7) is 6.00. The van der Waals surface area contributed by atoms with Crippen LogP contribution in [0.3, 0.4) is 0 Å². The van der Waals surface area contributed by atoms with Crippen molar-refractivity contribution in [3.8, 4) is 0 Å². The standard InChI is InChI=1S/C17H31NO/c1-17(2)10-9-16(19)15(12-17)18-11-5-7-13-6-3-4-8-14(13)18/h13-16,19H,3-12H2,1-2H3/t13-,14-,15?,16?/m1/s1. The Morgan fingerprint density at radius 2 is 1.68 bits per heavy atom. The Morgan fingerprint density at radius 1 is 0.947 bits per heavy atom. The molecule has 0 aromatic carbocycles. The summed E-state index contributed by atoms with van der Waals surface area (Å²) in [5, 5.41) is 10.5. The zero-order valence-electron chi connectivity index (χ0n) is 12.8. The van der Waals surface area contributed by atoms with Crippen LogP contribution in [0.1, 0.15) is 71.6 Å². The van der Waals surface area contributed by atoms with E-state index < -0.39 is 0 Å². The second-order valence-electron chi connectivity index (χ2n) is 8.03. The van der Waals surface area contributed by atoms with Crippen LogP contribution in [-0.4, -0.2) is 34.7 Å². The monoisotopic (exact) mass is 265 g/mol. The van der Waals surface area contributed by atoms with Crippen molar-refractivity contribution in [2.75, 3.05) is 6.54 Å². The molecule has 2 saturated carbocycles. The predicted molar refractivity (Wildman–Crippen MR) is 79.1 cm³/mol. The fourth-order valence-corrected chi connectivity index (χ4v) is 4.95. The maximum Gasteiger partial charge on any atom is 0.0695 e. The summed E-state index contributed by atoms with van der Waals surface area (Å²) in [6.07, 6.45) is 11.8. The van der Waals surface area contributed by atoms with E-state index in [-0.39, 0.29) is 6.10 Å². The van der Waals surface area contributed by atoms with Crippen molar-refractivity contribution >= 4 is 0 Å². The van der Waals surface area contributed by atoms with E-state index in [1.165, 1.54) is 57.9 Å². The molecule has 3 aliphatic rings. The van der Waals surface area contributed by atoms with Gasteiger partial charge in [-0.15, -0.1) is 0 Å². The quantitative estimate of drug-likeness (QED) is 0.783. The molecule has 1 aliphatic heterocycles. The number of likely N-dealkylation sites (tertiary alicyclic amines) is 1. The molecule has 3 rings (SSSR count). The second kappa shape index (κ2) is 5.37. The van der Waals surface area contributed by atoms with Crippen LogP contribution in [0.5, 0.6) is 0 Å². The van der Waals surface area contributed by atoms with E-state index in [1.54, 1.807) is 0 Å². The topological polar surface area (TPSA) is 23.5 Å². The van der Waals surface area contributed by atoms with Gasteiger partial charge in [-0.1, -0.05) is 26.7 Å². The third-order valence-corrected chi connectivity index (χ3v) is 6.03. The summed E-state index contributed by atoms with van der Waals surface area (Å²) in [5.74, 6) is 0.930. The number of rotatable bonds is 1. The van der Waals surface area contributed by atoms with E-state index in [0.717, 1.165) is 18.4 Å².